The summed E-state index contributed by atoms with van der Waals surface area (Å²) in [5.74, 6) is -3.45. The third kappa shape index (κ3) is 2.10. The van der Waals surface area contributed by atoms with Gasteiger partial charge in [-0.15, -0.1) is 0 Å². The number of fused-ring (bicyclic) bond motifs is 1. The number of esters is 1. The third-order valence-corrected chi connectivity index (χ3v) is 2.69. The van der Waals surface area contributed by atoms with Gasteiger partial charge in [0.25, 0.3) is 0 Å². The first kappa shape index (κ1) is 12.9. The van der Waals surface area contributed by atoms with E-state index in [-0.39, 0.29) is 16.6 Å². The second kappa shape index (κ2) is 4.60. The van der Waals surface area contributed by atoms with Crippen LogP contribution in [-0.4, -0.2) is 33.8 Å². The maximum atomic E-state index is 13.7. The molecular formula is C12H10FNO5. The predicted octanol–water partition coefficient (Wildman–Crippen LogP) is 1.36. The van der Waals surface area contributed by atoms with Crippen molar-refractivity contribution < 1.29 is 28.9 Å². The molecule has 0 saturated heterocycles. The van der Waals surface area contributed by atoms with Crippen molar-refractivity contribution in [1.29, 1.82) is 0 Å². The lowest BCUT2D eigenvalue weighted by Crippen LogP contribution is -2.15. The van der Waals surface area contributed by atoms with Crippen LogP contribution in [0.4, 0.5) is 4.39 Å². The summed E-state index contributed by atoms with van der Waals surface area (Å²) in [5, 5.41) is 18.1. The molecule has 0 spiro atoms. The number of aliphatic carboxylic acids is 1. The smallest absolute Gasteiger partial charge is 0.354 e. The first-order chi connectivity index (χ1) is 8.95. The van der Waals surface area contributed by atoms with Crippen LogP contribution < -0.4 is 0 Å². The van der Waals surface area contributed by atoms with Crippen LogP contribution in [0, 0.1) is 5.82 Å². The second-order valence-corrected chi connectivity index (χ2v) is 3.83. The number of rotatable bonds is 3. The average molecular weight is 267 g/mol. The van der Waals surface area contributed by atoms with E-state index in [0.29, 0.717) is 0 Å². The standard InChI is InChI=1S/C12H10FNO5/c1-19-12(18)8-4-6-7(14(8)5-10(16)17)2-3-9(15)11(6)13/h2-4,15H,5H2,1H3,(H,16,17). The van der Waals surface area contributed by atoms with Gasteiger partial charge < -0.3 is 19.5 Å². The molecule has 0 fully saturated rings. The molecule has 0 unspecified atom stereocenters. The molecule has 0 aliphatic carbocycles. The Morgan fingerprint density at radius 3 is 2.68 bits per heavy atom. The lowest BCUT2D eigenvalue weighted by atomic mass is 10.2. The quantitative estimate of drug-likeness (QED) is 0.819. The average Bonchev–Trinajstić information content (AvgIpc) is 2.72. The van der Waals surface area contributed by atoms with E-state index in [9.17, 15) is 19.1 Å². The third-order valence-electron chi connectivity index (χ3n) is 2.69. The molecule has 0 aliphatic heterocycles. The van der Waals surface area contributed by atoms with Crippen LogP contribution in [0.1, 0.15) is 10.5 Å². The Balaban J connectivity index is 2.76. The molecule has 0 radical (unpaired) electrons. The predicted molar refractivity (Wildman–Crippen MR) is 62.5 cm³/mol. The van der Waals surface area contributed by atoms with Crippen LogP contribution in [-0.2, 0) is 16.1 Å². The first-order valence-electron chi connectivity index (χ1n) is 5.26. The minimum absolute atomic E-state index is 0.0401. The van der Waals surface area contributed by atoms with E-state index in [1.165, 1.54) is 6.07 Å². The number of methoxy groups -OCH3 is 1. The summed E-state index contributed by atoms with van der Waals surface area (Å²) in [5.41, 5.74) is 0.0995. The highest BCUT2D eigenvalue weighted by Gasteiger charge is 2.20. The fourth-order valence-electron chi connectivity index (χ4n) is 1.87. The summed E-state index contributed by atoms with van der Waals surface area (Å²) in [6, 6.07) is 3.58. The second-order valence-electron chi connectivity index (χ2n) is 3.83. The molecule has 0 aliphatic rings. The lowest BCUT2D eigenvalue weighted by Gasteiger charge is -2.06. The molecule has 0 saturated carbocycles. The van der Waals surface area contributed by atoms with E-state index in [1.807, 2.05) is 0 Å². The largest absolute Gasteiger partial charge is 0.505 e. The summed E-state index contributed by atoms with van der Waals surface area (Å²) in [4.78, 5) is 22.4. The number of phenols is 1. The fraction of sp³-hybridized carbons (Fsp3) is 0.167. The van der Waals surface area contributed by atoms with E-state index < -0.39 is 30.1 Å². The number of phenolic OH excluding ortho intramolecular Hbond substituents is 1. The Morgan fingerprint density at radius 1 is 1.42 bits per heavy atom. The topological polar surface area (TPSA) is 88.8 Å². The molecule has 19 heavy (non-hydrogen) atoms. The maximum absolute atomic E-state index is 13.7. The zero-order valence-electron chi connectivity index (χ0n) is 9.88. The van der Waals surface area contributed by atoms with Crippen LogP contribution in [0.2, 0.25) is 0 Å². The molecule has 2 N–H and O–H groups in total. The number of carbonyl (C=O) groups is 2. The normalized spacial score (nSPS) is 10.6. The van der Waals surface area contributed by atoms with Crippen LogP contribution in [0.25, 0.3) is 10.9 Å². The summed E-state index contributed by atoms with van der Waals surface area (Å²) >= 11 is 0. The van der Waals surface area contributed by atoms with E-state index in [1.54, 1.807) is 0 Å². The molecule has 0 amide bonds. The van der Waals surface area contributed by atoms with Crippen molar-refractivity contribution in [3.63, 3.8) is 0 Å². The highest BCUT2D eigenvalue weighted by Crippen LogP contribution is 2.28. The fourth-order valence-corrected chi connectivity index (χ4v) is 1.87. The van der Waals surface area contributed by atoms with Crippen molar-refractivity contribution in [1.82, 2.24) is 4.57 Å². The number of aromatic nitrogens is 1. The number of aromatic hydroxyl groups is 1. The Morgan fingerprint density at radius 2 is 2.11 bits per heavy atom. The SMILES string of the molecule is COC(=O)c1cc2c(F)c(O)ccc2n1CC(=O)O. The number of hydrogen-bond donors (Lipinski definition) is 2. The Hall–Kier alpha value is -2.57. The Labute approximate surface area is 106 Å². The molecule has 2 aromatic rings. The van der Waals surface area contributed by atoms with E-state index in [0.717, 1.165) is 23.8 Å². The number of carbonyl (C=O) groups excluding carboxylic acids is 1. The Kier molecular flexibility index (Phi) is 3.12. The summed E-state index contributed by atoms with van der Waals surface area (Å²) in [6.07, 6.45) is 0. The number of halogens is 1. The van der Waals surface area contributed by atoms with Crippen molar-refractivity contribution in [2.75, 3.05) is 7.11 Å². The molecular weight excluding hydrogens is 257 g/mol. The summed E-state index contributed by atoms with van der Waals surface area (Å²) in [7, 11) is 1.14. The van der Waals surface area contributed by atoms with Gasteiger partial charge in [-0.25, -0.2) is 9.18 Å². The van der Waals surface area contributed by atoms with Crippen LogP contribution in [0.15, 0.2) is 18.2 Å². The van der Waals surface area contributed by atoms with E-state index >= 15 is 0 Å². The number of carboxylic acid groups (broad SMARTS) is 1. The highest BCUT2D eigenvalue weighted by atomic mass is 19.1. The maximum Gasteiger partial charge on any atom is 0.354 e. The minimum Gasteiger partial charge on any atom is -0.505 e. The molecule has 1 aromatic carbocycles. The van der Waals surface area contributed by atoms with E-state index in [4.69, 9.17) is 5.11 Å². The number of hydrogen-bond acceptors (Lipinski definition) is 4. The van der Waals surface area contributed by atoms with Gasteiger partial charge >= 0.3 is 11.9 Å². The van der Waals surface area contributed by atoms with Gasteiger partial charge in [-0.3, -0.25) is 4.79 Å². The van der Waals surface area contributed by atoms with Gasteiger partial charge in [0.1, 0.15) is 12.2 Å². The van der Waals surface area contributed by atoms with Crippen molar-refractivity contribution >= 4 is 22.8 Å². The molecule has 2 rings (SSSR count). The van der Waals surface area contributed by atoms with Gasteiger partial charge in [0.15, 0.2) is 11.6 Å². The van der Waals surface area contributed by atoms with Gasteiger partial charge in [0.2, 0.25) is 0 Å². The lowest BCUT2D eigenvalue weighted by molar-refractivity contribution is -0.137. The molecule has 100 valence electrons. The van der Waals surface area contributed by atoms with E-state index in [2.05, 4.69) is 4.74 Å². The number of carboxylic acids is 1. The van der Waals surface area contributed by atoms with Crippen LogP contribution in [0.3, 0.4) is 0 Å². The van der Waals surface area contributed by atoms with Gasteiger partial charge in [0.05, 0.1) is 12.6 Å². The molecule has 0 bridgehead atoms. The van der Waals surface area contributed by atoms with Crippen molar-refractivity contribution in [3.05, 3.63) is 29.7 Å². The monoisotopic (exact) mass is 267 g/mol. The first-order valence-corrected chi connectivity index (χ1v) is 5.26. The zero-order valence-corrected chi connectivity index (χ0v) is 9.88. The van der Waals surface area contributed by atoms with Crippen molar-refractivity contribution in [2.24, 2.45) is 0 Å². The van der Waals surface area contributed by atoms with Crippen LogP contribution in [0.5, 0.6) is 5.75 Å². The van der Waals surface area contributed by atoms with Gasteiger partial charge in [-0.1, -0.05) is 0 Å². The van der Waals surface area contributed by atoms with Gasteiger partial charge in [-0.05, 0) is 18.2 Å². The molecule has 0 atom stereocenters. The Bertz CT molecular complexity index is 676. The number of ether oxygens (including phenoxy) is 1. The van der Waals surface area contributed by atoms with Crippen molar-refractivity contribution in [2.45, 2.75) is 6.54 Å². The molecule has 7 heteroatoms. The molecule has 6 nitrogen and oxygen atoms in total. The summed E-state index contributed by atoms with van der Waals surface area (Å²) in [6.45, 7) is -0.516. The van der Waals surface area contributed by atoms with Crippen molar-refractivity contribution in [3.8, 4) is 5.75 Å². The highest BCUT2D eigenvalue weighted by molar-refractivity contribution is 5.97. The molecule has 1 aromatic heterocycles. The minimum atomic E-state index is -1.18. The van der Waals surface area contributed by atoms with Crippen LogP contribution >= 0.6 is 0 Å². The number of benzene rings is 1. The number of nitrogens with zero attached hydrogens (tertiary/aromatic N) is 1. The van der Waals surface area contributed by atoms with Gasteiger partial charge in [-0.2, -0.15) is 0 Å². The van der Waals surface area contributed by atoms with Gasteiger partial charge in [0, 0.05) is 5.39 Å². The summed E-state index contributed by atoms with van der Waals surface area (Å²) < 4.78 is 19.4. The zero-order chi connectivity index (χ0) is 14.2. The molecule has 1 heterocycles.